The summed E-state index contributed by atoms with van der Waals surface area (Å²) in [4.78, 5) is 4.72. The number of benzene rings is 2. The summed E-state index contributed by atoms with van der Waals surface area (Å²) < 4.78 is 10.6. The number of nitrogens with zero attached hydrogens (tertiary/aromatic N) is 2. The number of aromatic nitrogens is 2. The molecule has 0 unspecified atom stereocenters. The van der Waals surface area contributed by atoms with Gasteiger partial charge in [0.1, 0.15) is 11.5 Å². The summed E-state index contributed by atoms with van der Waals surface area (Å²) in [6.07, 6.45) is 0. The second-order valence-electron chi connectivity index (χ2n) is 5.74. The van der Waals surface area contributed by atoms with Crippen LogP contribution in [0.4, 0.5) is 0 Å². The highest BCUT2D eigenvalue weighted by Crippen LogP contribution is 2.39. The molecule has 2 aromatic heterocycles. The number of aryl methyl sites for hydroxylation is 1. The third kappa shape index (κ3) is 2.59. The van der Waals surface area contributed by atoms with Crippen molar-refractivity contribution in [1.82, 2.24) is 10.1 Å². The summed E-state index contributed by atoms with van der Waals surface area (Å²) in [7, 11) is 1.55. The van der Waals surface area contributed by atoms with Crippen LogP contribution < -0.4 is 4.74 Å². The lowest BCUT2D eigenvalue weighted by Crippen LogP contribution is -1.89. The van der Waals surface area contributed by atoms with Gasteiger partial charge in [0, 0.05) is 11.5 Å². The summed E-state index contributed by atoms with van der Waals surface area (Å²) >= 11 is 0. The normalized spacial score (nSPS) is 11.0. The molecule has 1 N–H and O–H groups in total. The van der Waals surface area contributed by atoms with E-state index in [4.69, 9.17) is 14.2 Å². The standard InChI is InChI=1S/C20H16N2O3/c1-12-19(17-10-7-13-5-3-4-6-16(13)21-17)20(25-22-12)15-9-8-14(24-2)11-18(15)23/h3-11,23H,1-2H3. The van der Waals surface area contributed by atoms with E-state index in [9.17, 15) is 5.11 Å². The van der Waals surface area contributed by atoms with Crippen molar-refractivity contribution >= 4 is 10.9 Å². The molecule has 0 aliphatic rings. The largest absolute Gasteiger partial charge is 0.507 e. The minimum absolute atomic E-state index is 0.0672. The molecule has 0 saturated carbocycles. The molecule has 124 valence electrons. The molecule has 0 aliphatic carbocycles. The number of aromatic hydroxyl groups is 1. The van der Waals surface area contributed by atoms with E-state index in [0.717, 1.165) is 22.2 Å². The Kier molecular flexibility index (Phi) is 3.61. The first-order chi connectivity index (χ1) is 12.2. The number of ether oxygens (including phenoxy) is 1. The lowest BCUT2D eigenvalue weighted by Gasteiger charge is -2.07. The van der Waals surface area contributed by atoms with Crippen LogP contribution in [0.2, 0.25) is 0 Å². The number of phenols is 1. The Morgan fingerprint density at radius 3 is 2.68 bits per heavy atom. The van der Waals surface area contributed by atoms with Crippen LogP contribution in [0, 0.1) is 6.92 Å². The van der Waals surface area contributed by atoms with Crippen molar-refractivity contribution in [1.29, 1.82) is 0 Å². The SMILES string of the molecule is COc1ccc(-c2onc(C)c2-c2ccc3ccccc3n2)c(O)c1. The lowest BCUT2D eigenvalue weighted by atomic mass is 10.0. The summed E-state index contributed by atoms with van der Waals surface area (Å²) in [5.74, 6) is 1.13. The monoisotopic (exact) mass is 332 g/mol. The fraction of sp³-hybridized carbons (Fsp3) is 0.100. The van der Waals surface area contributed by atoms with Crippen LogP contribution >= 0.6 is 0 Å². The highest BCUT2D eigenvalue weighted by atomic mass is 16.5. The fourth-order valence-corrected chi connectivity index (χ4v) is 2.89. The molecule has 0 saturated heterocycles. The molecular weight excluding hydrogens is 316 g/mol. The van der Waals surface area contributed by atoms with Gasteiger partial charge in [0.25, 0.3) is 0 Å². The van der Waals surface area contributed by atoms with Crippen LogP contribution in [0.25, 0.3) is 33.5 Å². The Morgan fingerprint density at radius 2 is 1.88 bits per heavy atom. The molecular formula is C20H16N2O3. The molecule has 0 bridgehead atoms. The van der Waals surface area contributed by atoms with E-state index >= 15 is 0 Å². The second-order valence-corrected chi connectivity index (χ2v) is 5.74. The van der Waals surface area contributed by atoms with Crippen molar-refractivity contribution in [3.8, 4) is 34.1 Å². The van der Waals surface area contributed by atoms with Crippen LogP contribution in [0.15, 0.2) is 59.1 Å². The van der Waals surface area contributed by atoms with E-state index in [0.29, 0.717) is 22.8 Å². The Hall–Kier alpha value is -3.34. The topological polar surface area (TPSA) is 68.4 Å². The highest BCUT2D eigenvalue weighted by Gasteiger charge is 2.21. The molecule has 0 aliphatic heterocycles. The molecule has 0 spiro atoms. The van der Waals surface area contributed by atoms with E-state index in [2.05, 4.69) is 5.16 Å². The van der Waals surface area contributed by atoms with Gasteiger partial charge in [-0.05, 0) is 31.2 Å². The van der Waals surface area contributed by atoms with Crippen LogP contribution in [0.1, 0.15) is 5.69 Å². The third-order valence-electron chi connectivity index (χ3n) is 4.17. The van der Waals surface area contributed by atoms with Gasteiger partial charge in [-0.3, -0.25) is 0 Å². The molecule has 0 radical (unpaired) electrons. The van der Waals surface area contributed by atoms with Crippen LogP contribution in [0.3, 0.4) is 0 Å². The van der Waals surface area contributed by atoms with Gasteiger partial charge in [-0.1, -0.05) is 29.4 Å². The van der Waals surface area contributed by atoms with E-state index in [1.165, 1.54) is 0 Å². The van der Waals surface area contributed by atoms with E-state index in [-0.39, 0.29) is 5.75 Å². The molecule has 2 heterocycles. The second kappa shape index (κ2) is 5.94. The molecule has 4 aromatic rings. The minimum Gasteiger partial charge on any atom is -0.507 e. The van der Waals surface area contributed by atoms with E-state index in [1.54, 1.807) is 25.3 Å². The zero-order chi connectivity index (χ0) is 17.4. The average Bonchev–Trinajstić information content (AvgIpc) is 3.02. The predicted molar refractivity (Wildman–Crippen MR) is 95.6 cm³/mol. The first-order valence-corrected chi connectivity index (χ1v) is 7.87. The first-order valence-electron chi connectivity index (χ1n) is 7.87. The predicted octanol–water partition coefficient (Wildman–Crippen LogP) is 4.58. The fourth-order valence-electron chi connectivity index (χ4n) is 2.89. The summed E-state index contributed by atoms with van der Waals surface area (Å²) in [6.45, 7) is 1.86. The Bertz CT molecular complexity index is 1070. The van der Waals surface area contributed by atoms with Crippen molar-refractivity contribution in [2.24, 2.45) is 0 Å². The molecule has 0 fully saturated rings. The minimum atomic E-state index is 0.0672. The average molecular weight is 332 g/mol. The number of pyridine rings is 1. The van der Waals surface area contributed by atoms with Crippen LogP contribution in [-0.2, 0) is 0 Å². The lowest BCUT2D eigenvalue weighted by molar-refractivity contribution is 0.405. The van der Waals surface area contributed by atoms with Crippen molar-refractivity contribution in [3.05, 3.63) is 60.3 Å². The quantitative estimate of drug-likeness (QED) is 0.595. The van der Waals surface area contributed by atoms with Gasteiger partial charge < -0.3 is 14.4 Å². The Labute approximate surface area is 144 Å². The van der Waals surface area contributed by atoms with Crippen molar-refractivity contribution in [2.45, 2.75) is 6.92 Å². The number of phenolic OH excluding ortho intramolecular Hbond substituents is 1. The van der Waals surface area contributed by atoms with Crippen molar-refractivity contribution in [3.63, 3.8) is 0 Å². The molecule has 5 nitrogen and oxygen atoms in total. The molecule has 5 heteroatoms. The van der Waals surface area contributed by atoms with Crippen molar-refractivity contribution in [2.75, 3.05) is 7.11 Å². The maximum atomic E-state index is 10.3. The zero-order valence-electron chi connectivity index (χ0n) is 13.9. The maximum Gasteiger partial charge on any atom is 0.180 e. The number of para-hydroxylation sites is 1. The van der Waals surface area contributed by atoms with Gasteiger partial charge in [0.2, 0.25) is 0 Å². The zero-order valence-corrected chi connectivity index (χ0v) is 13.9. The van der Waals surface area contributed by atoms with Gasteiger partial charge in [0.15, 0.2) is 5.76 Å². The smallest absolute Gasteiger partial charge is 0.180 e. The first kappa shape index (κ1) is 15.2. The van der Waals surface area contributed by atoms with E-state index < -0.39 is 0 Å². The molecule has 0 amide bonds. The number of methoxy groups -OCH3 is 1. The third-order valence-corrected chi connectivity index (χ3v) is 4.17. The number of rotatable bonds is 3. The summed E-state index contributed by atoms with van der Waals surface area (Å²) in [5.41, 5.74) is 3.68. The van der Waals surface area contributed by atoms with Gasteiger partial charge in [-0.2, -0.15) is 0 Å². The molecule has 2 aromatic carbocycles. The highest BCUT2D eigenvalue weighted by molar-refractivity contribution is 5.86. The summed E-state index contributed by atoms with van der Waals surface area (Å²) in [5, 5.41) is 15.5. The van der Waals surface area contributed by atoms with Crippen LogP contribution in [-0.4, -0.2) is 22.4 Å². The van der Waals surface area contributed by atoms with Gasteiger partial charge >= 0.3 is 0 Å². The Morgan fingerprint density at radius 1 is 1.04 bits per heavy atom. The number of fused-ring (bicyclic) bond motifs is 1. The molecule has 4 rings (SSSR count). The number of hydrogen-bond donors (Lipinski definition) is 1. The van der Waals surface area contributed by atoms with Gasteiger partial charge in [-0.15, -0.1) is 0 Å². The molecule has 0 atom stereocenters. The van der Waals surface area contributed by atoms with Crippen molar-refractivity contribution < 1.29 is 14.4 Å². The van der Waals surface area contributed by atoms with E-state index in [1.807, 2.05) is 43.3 Å². The van der Waals surface area contributed by atoms with Gasteiger partial charge in [-0.25, -0.2) is 4.98 Å². The number of hydrogen-bond acceptors (Lipinski definition) is 5. The van der Waals surface area contributed by atoms with Gasteiger partial charge in [0.05, 0.1) is 35.1 Å². The molecule has 25 heavy (non-hydrogen) atoms. The Balaban J connectivity index is 1.90. The summed E-state index contributed by atoms with van der Waals surface area (Å²) in [6, 6.07) is 16.9. The maximum absolute atomic E-state index is 10.3. The van der Waals surface area contributed by atoms with Crippen LogP contribution in [0.5, 0.6) is 11.5 Å².